The molecule has 0 saturated heterocycles. The van der Waals surface area contributed by atoms with E-state index in [2.05, 4.69) is 27.7 Å². The van der Waals surface area contributed by atoms with Gasteiger partial charge in [-0.25, -0.2) is 0 Å². The van der Waals surface area contributed by atoms with Crippen LogP contribution in [0.2, 0.25) is 0 Å². The van der Waals surface area contributed by atoms with Crippen LogP contribution in [0.4, 0.5) is 0 Å². The van der Waals surface area contributed by atoms with Crippen molar-refractivity contribution in [2.75, 3.05) is 0 Å². The predicted molar refractivity (Wildman–Crippen MR) is 74.7 cm³/mol. The molecule has 0 aliphatic rings. The van der Waals surface area contributed by atoms with Crippen LogP contribution in [-0.2, 0) is 0 Å². The number of rotatable bonds is 10. The van der Waals surface area contributed by atoms with Gasteiger partial charge in [0.05, 0.1) is 0 Å². The second-order valence-corrected chi connectivity index (χ2v) is 5.48. The minimum Gasteiger partial charge on any atom is -0.325 e. The van der Waals surface area contributed by atoms with Crippen molar-refractivity contribution in [2.45, 2.75) is 91.0 Å². The molecule has 98 valence electrons. The quantitative estimate of drug-likeness (QED) is 0.565. The van der Waals surface area contributed by atoms with Crippen LogP contribution >= 0.6 is 0 Å². The summed E-state index contributed by atoms with van der Waals surface area (Å²) in [6.45, 7) is 9.15. The Morgan fingerprint density at radius 3 is 1.69 bits per heavy atom. The van der Waals surface area contributed by atoms with Crippen molar-refractivity contribution in [2.24, 2.45) is 11.7 Å². The molecular formula is C15H33N. The second kappa shape index (κ2) is 9.04. The maximum Gasteiger partial charge on any atom is 0.0180 e. The lowest BCUT2D eigenvalue weighted by atomic mass is 9.76. The minimum absolute atomic E-state index is 0.112. The van der Waals surface area contributed by atoms with E-state index in [1.165, 1.54) is 57.8 Å². The predicted octanol–water partition coefficient (Wildman–Crippen LogP) is 4.89. The van der Waals surface area contributed by atoms with Crippen LogP contribution in [0.5, 0.6) is 0 Å². The summed E-state index contributed by atoms with van der Waals surface area (Å²) in [4.78, 5) is 0. The zero-order chi connectivity index (χ0) is 12.4. The SMILES string of the molecule is CCCCC(C)C(N)(CCCC)CCCC. The van der Waals surface area contributed by atoms with Crippen molar-refractivity contribution in [1.82, 2.24) is 0 Å². The van der Waals surface area contributed by atoms with Gasteiger partial charge in [0.2, 0.25) is 0 Å². The fourth-order valence-corrected chi connectivity index (χ4v) is 2.43. The lowest BCUT2D eigenvalue weighted by Gasteiger charge is -2.36. The van der Waals surface area contributed by atoms with Crippen molar-refractivity contribution in [3.05, 3.63) is 0 Å². The van der Waals surface area contributed by atoms with Crippen LogP contribution < -0.4 is 5.73 Å². The summed E-state index contributed by atoms with van der Waals surface area (Å²) in [6.07, 6.45) is 11.5. The van der Waals surface area contributed by atoms with Gasteiger partial charge in [-0.2, -0.15) is 0 Å². The van der Waals surface area contributed by atoms with Gasteiger partial charge in [-0.1, -0.05) is 66.2 Å². The van der Waals surface area contributed by atoms with E-state index in [1.807, 2.05) is 0 Å². The van der Waals surface area contributed by atoms with Crippen molar-refractivity contribution in [1.29, 1.82) is 0 Å². The first-order chi connectivity index (χ1) is 7.60. The first-order valence-corrected chi connectivity index (χ1v) is 7.39. The second-order valence-electron chi connectivity index (χ2n) is 5.48. The molecule has 0 spiro atoms. The van der Waals surface area contributed by atoms with Crippen LogP contribution in [0.3, 0.4) is 0 Å². The van der Waals surface area contributed by atoms with Gasteiger partial charge < -0.3 is 5.73 Å². The standard InChI is InChI=1S/C15H33N/c1-5-8-11-14(4)15(16,12-9-6-2)13-10-7-3/h14H,5-13,16H2,1-4H3. The van der Waals surface area contributed by atoms with Crippen LogP contribution in [0, 0.1) is 5.92 Å². The highest BCUT2D eigenvalue weighted by Crippen LogP contribution is 2.30. The molecule has 0 aliphatic heterocycles. The average Bonchev–Trinajstić information content (AvgIpc) is 2.30. The Bertz CT molecular complexity index is 146. The van der Waals surface area contributed by atoms with Crippen LogP contribution in [0.25, 0.3) is 0 Å². The van der Waals surface area contributed by atoms with E-state index < -0.39 is 0 Å². The largest absolute Gasteiger partial charge is 0.325 e. The molecule has 0 rings (SSSR count). The van der Waals surface area contributed by atoms with Gasteiger partial charge in [0.25, 0.3) is 0 Å². The Labute approximate surface area is 103 Å². The minimum atomic E-state index is 0.112. The summed E-state index contributed by atoms with van der Waals surface area (Å²) in [5, 5.41) is 0. The summed E-state index contributed by atoms with van der Waals surface area (Å²) in [7, 11) is 0. The van der Waals surface area contributed by atoms with Gasteiger partial charge >= 0.3 is 0 Å². The smallest absolute Gasteiger partial charge is 0.0180 e. The summed E-state index contributed by atoms with van der Waals surface area (Å²) >= 11 is 0. The third-order valence-corrected chi connectivity index (χ3v) is 3.96. The third-order valence-electron chi connectivity index (χ3n) is 3.96. The number of hydrogen-bond acceptors (Lipinski definition) is 1. The Morgan fingerprint density at radius 1 is 0.875 bits per heavy atom. The average molecular weight is 227 g/mol. The molecule has 0 bridgehead atoms. The first-order valence-electron chi connectivity index (χ1n) is 7.39. The zero-order valence-electron chi connectivity index (χ0n) is 12.0. The molecule has 1 heteroatoms. The number of hydrogen-bond donors (Lipinski definition) is 1. The molecule has 1 atom stereocenters. The molecule has 0 aromatic rings. The normalized spacial score (nSPS) is 14.1. The van der Waals surface area contributed by atoms with Crippen LogP contribution in [0.1, 0.15) is 85.5 Å². The molecule has 1 nitrogen and oxygen atoms in total. The van der Waals surface area contributed by atoms with E-state index in [1.54, 1.807) is 0 Å². The molecule has 0 fully saturated rings. The van der Waals surface area contributed by atoms with Gasteiger partial charge in [-0.05, 0) is 25.2 Å². The summed E-state index contributed by atoms with van der Waals surface area (Å²) in [6, 6.07) is 0. The molecule has 0 amide bonds. The topological polar surface area (TPSA) is 26.0 Å². The molecule has 0 heterocycles. The van der Waals surface area contributed by atoms with Gasteiger partial charge in [0, 0.05) is 5.54 Å². The highest BCUT2D eigenvalue weighted by atomic mass is 14.8. The number of nitrogens with two attached hydrogens (primary N) is 1. The molecule has 0 aromatic carbocycles. The zero-order valence-corrected chi connectivity index (χ0v) is 12.0. The van der Waals surface area contributed by atoms with Gasteiger partial charge in [0.15, 0.2) is 0 Å². The Morgan fingerprint density at radius 2 is 1.31 bits per heavy atom. The van der Waals surface area contributed by atoms with Gasteiger partial charge in [0.1, 0.15) is 0 Å². The van der Waals surface area contributed by atoms with Gasteiger partial charge in [-0.3, -0.25) is 0 Å². The summed E-state index contributed by atoms with van der Waals surface area (Å²) < 4.78 is 0. The fraction of sp³-hybridized carbons (Fsp3) is 1.00. The molecule has 0 radical (unpaired) electrons. The van der Waals surface area contributed by atoms with E-state index >= 15 is 0 Å². The Hall–Kier alpha value is -0.0400. The fourth-order valence-electron chi connectivity index (χ4n) is 2.43. The molecular weight excluding hydrogens is 194 g/mol. The monoisotopic (exact) mass is 227 g/mol. The Balaban J connectivity index is 4.24. The van der Waals surface area contributed by atoms with Crippen molar-refractivity contribution < 1.29 is 0 Å². The van der Waals surface area contributed by atoms with E-state index in [-0.39, 0.29) is 5.54 Å². The van der Waals surface area contributed by atoms with E-state index in [0.717, 1.165) is 0 Å². The lowest BCUT2D eigenvalue weighted by Crippen LogP contribution is -2.46. The van der Waals surface area contributed by atoms with Crippen LogP contribution in [0.15, 0.2) is 0 Å². The van der Waals surface area contributed by atoms with E-state index in [9.17, 15) is 0 Å². The lowest BCUT2D eigenvalue weighted by molar-refractivity contribution is 0.224. The summed E-state index contributed by atoms with van der Waals surface area (Å²) in [5.41, 5.74) is 6.77. The first kappa shape index (κ1) is 16.0. The van der Waals surface area contributed by atoms with Crippen molar-refractivity contribution in [3.63, 3.8) is 0 Å². The van der Waals surface area contributed by atoms with Crippen molar-refractivity contribution in [3.8, 4) is 0 Å². The third kappa shape index (κ3) is 5.89. The molecule has 1 unspecified atom stereocenters. The molecule has 0 aromatic heterocycles. The molecule has 2 N–H and O–H groups in total. The highest BCUT2D eigenvalue weighted by Gasteiger charge is 2.29. The van der Waals surface area contributed by atoms with Gasteiger partial charge in [-0.15, -0.1) is 0 Å². The molecule has 16 heavy (non-hydrogen) atoms. The summed E-state index contributed by atoms with van der Waals surface area (Å²) in [5.74, 6) is 0.686. The highest BCUT2D eigenvalue weighted by molar-refractivity contribution is 4.88. The van der Waals surface area contributed by atoms with Crippen molar-refractivity contribution >= 4 is 0 Å². The molecule has 0 saturated carbocycles. The Kier molecular flexibility index (Phi) is 9.02. The number of unbranched alkanes of at least 4 members (excludes halogenated alkanes) is 3. The maximum atomic E-state index is 6.65. The molecule has 0 aliphatic carbocycles. The maximum absolute atomic E-state index is 6.65. The van der Waals surface area contributed by atoms with E-state index in [0.29, 0.717) is 5.92 Å². The van der Waals surface area contributed by atoms with E-state index in [4.69, 9.17) is 5.73 Å². The van der Waals surface area contributed by atoms with Crippen LogP contribution in [-0.4, -0.2) is 5.54 Å².